The largest absolute Gasteiger partial charge is 0.481 e. The number of hydrogen-bond acceptors (Lipinski definition) is 3. The van der Waals surface area contributed by atoms with Gasteiger partial charge in [0.05, 0.1) is 24.3 Å². The third-order valence-corrected chi connectivity index (χ3v) is 4.53. The van der Waals surface area contributed by atoms with E-state index in [4.69, 9.17) is 4.74 Å². The van der Waals surface area contributed by atoms with E-state index >= 15 is 0 Å². The fraction of sp³-hybridized carbons (Fsp3) is 0.333. The molecule has 2 bridgehead atoms. The second-order valence-corrected chi connectivity index (χ2v) is 5.61. The number of anilines is 1. The Morgan fingerprint density at radius 1 is 1.43 bits per heavy atom. The Morgan fingerprint density at radius 3 is 2.90 bits per heavy atom. The Hall–Kier alpha value is -2.21. The van der Waals surface area contributed by atoms with Crippen molar-refractivity contribution in [3.63, 3.8) is 0 Å². The van der Waals surface area contributed by atoms with Crippen LogP contribution in [0.15, 0.2) is 36.4 Å². The van der Waals surface area contributed by atoms with Crippen molar-refractivity contribution in [3.05, 3.63) is 42.2 Å². The van der Waals surface area contributed by atoms with Crippen molar-refractivity contribution < 1.29 is 23.8 Å². The highest BCUT2D eigenvalue weighted by Crippen LogP contribution is 2.52. The number of rotatable bonds is 2. The predicted octanol–water partition coefficient (Wildman–Crippen LogP) is 1.20. The SMILES string of the molecule is O=C(O)[C@@H]1[C@@H]2C=C[C@]3(CN(c4ccccc4F)C(=O)[C@@H]13)O2. The second-order valence-electron chi connectivity index (χ2n) is 5.61. The van der Waals surface area contributed by atoms with Crippen molar-refractivity contribution in [1.82, 2.24) is 0 Å². The van der Waals surface area contributed by atoms with Gasteiger partial charge in [-0.3, -0.25) is 9.59 Å². The molecule has 3 aliphatic heterocycles. The minimum Gasteiger partial charge on any atom is -0.481 e. The fourth-order valence-electron chi connectivity index (χ4n) is 3.65. The number of carboxylic acid groups (broad SMARTS) is 1. The zero-order valence-electron chi connectivity index (χ0n) is 10.9. The Kier molecular flexibility index (Phi) is 2.34. The quantitative estimate of drug-likeness (QED) is 0.831. The highest BCUT2D eigenvalue weighted by atomic mass is 19.1. The number of carbonyl (C=O) groups is 2. The molecule has 2 fully saturated rings. The smallest absolute Gasteiger partial charge is 0.310 e. The van der Waals surface area contributed by atoms with Gasteiger partial charge in [-0.25, -0.2) is 4.39 Å². The van der Waals surface area contributed by atoms with E-state index in [-0.39, 0.29) is 18.1 Å². The van der Waals surface area contributed by atoms with Gasteiger partial charge in [-0.15, -0.1) is 0 Å². The predicted molar refractivity (Wildman–Crippen MR) is 70.1 cm³/mol. The van der Waals surface area contributed by atoms with Crippen LogP contribution in [0.4, 0.5) is 10.1 Å². The van der Waals surface area contributed by atoms with Gasteiger partial charge in [0, 0.05) is 0 Å². The van der Waals surface area contributed by atoms with Crippen LogP contribution in [-0.2, 0) is 14.3 Å². The van der Waals surface area contributed by atoms with Crippen LogP contribution in [0.5, 0.6) is 0 Å². The van der Waals surface area contributed by atoms with Crippen LogP contribution in [0.25, 0.3) is 0 Å². The summed E-state index contributed by atoms with van der Waals surface area (Å²) < 4.78 is 19.7. The molecule has 0 aliphatic carbocycles. The summed E-state index contributed by atoms with van der Waals surface area (Å²) in [7, 11) is 0. The summed E-state index contributed by atoms with van der Waals surface area (Å²) in [5, 5.41) is 9.35. The monoisotopic (exact) mass is 289 g/mol. The van der Waals surface area contributed by atoms with Crippen molar-refractivity contribution in [2.75, 3.05) is 11.4 Å². The lowest BCUT2D eigenvalue weighted by molar-refractivity contribution is -0.146. The summed E-state index contributed by atoms with van der Waals surface area (Å²) in [6.07, 6.45) is 2.87. The number of amides is 1. The molecule has 1 N–H and O–H groups in total. The van der Waals surface area contributed by atoms with Crippen LogP contribution < -0.4 is 4.90 Å². The van der Waals surface area contributed by atoms with E-state index in [2.05, 4.69) is 0 Å². The highest BCUT2D eigenvalue weighted by molar-refractivity contribution is 6.02. The number of fused-ring (bicyclic) bond motifs is 1. The third kappa shape index (κ3) is 1.48. The van der Waals surface area contributed by atoms with Gasteiger partial charge in [0.25, 0.3) is 0 Å². The number of carboxylic acids is 1. The number of nitrogens with zero attached hydrogens (tertiary/aromatic N) is 1. The molecule has 1 aromatic carbocycles. The van der Waals surface area contributed by atoms with Gasteiger partial charge in [-0.2, -0.15) is 0 Å². The summed E-state index contributed by atoms with van der Waals surface area (Å²) in [5.74, 6) is -3.64. The van der Waals surface area contributed by atoms with Gasteiger partial charge in [0.1, 0.15) is 17.3 Å². The van der Waals surface area contributed by atoms with Crippen LogP contribution in [0.2, 0.25) is 0 Å². The van der Waals surface area contributed by atoms with E-state index < -0.39 is 35.3 Å². The summed E-state index contributed by atoms with van der Waals surface area (Å²) in [5.41, 5.74) is -0.775. The molecule has 1 spiro atoms. The van der Waals surface area contributed by atoms with Crippen molar-refractivity contribution >= 4 is 17.6 Å². The number of hydrogen-bond donors (Lipinski definition) is 1. The summed E-state index contributed by atoms with van der Waals surface area (Å²) >= 11 is 0. The van der Waals surface area contributed by atoms with Gasteiger partial charge in [0.15, 0.2) is 0 Å². The van der Waals surface area contributed by atoms with Crippen LogP contribution in [0.1, 0.15) is 0 Å². The number of aliphatic carboxylic acids is 1. The van der Waals surface area contributed by atoms with E-state index in [9.17, 15) is 19.1 Å². The lowest BCUT2D eigenvalue weighted by atomic mass is 9.77. The number of ether oxygens (including phenoxy) is 1. The van der Waals surface area contributed by atoms with Crippen molar-refractivity contribution in [3.8, 4) is 0 Å². The lowest BCUT2D eigenvalue weighted by Crippen LogP contribution is -2.39. The molecule has 0 unspecified atom stereocenters. The molecule has 0 aromatic heterocycles. The lowest BCUT2D eigenvalue weighted by Gasteiger charge is -2.21. The second kappa shape index (κ2) is 3.92. The maximum atomic E-state index is 13.9. The minimum absolute atomic E-state index is 0.147. The molecular weight excluding hydrogens is 277 g/mol. The number of para-hydroxylation sites is 1. The van der Waals surface area contributed by atoms with Gasteiger partial charge in [-0.05, 0) is 12.1 Å². The average molecular weight is 289 g/mol. The first-order chi connectivity index (χ1) is 10.0. The fourth-order valence-corrected chi connectivity index (χ4v) is 3.65. The van der Waals surface area contributed by atoms with E-state index in [0.717, 1.165) is 0 Å². The first-order valence-corrected chi connectivity index (χ1v) is 6.69. The molecular formula is C15H12FNO4. The zero-order valence-corrected chi connectivity index (χ0v) is 10.9. The zero-order chi connectivity index (χ0) is 14.8. The Bertz CT molecular complexity index is 688. The molecule has 5 nitrogen and oxygen atoms in total. The van der Waals surface area contributed by atoms with E-state index in [1.165, 1.54) is 17.0 Å². The Labute approximate surface area is 119 Å². The first-order valence-electron chi connectivity index (χ1n) is 6.69. The molecule has 21 heavy (non-hydrogen) atoms. The number of halogens is 1. The van der Waals surface area contributed by atoms with Crippen LogP contribution in [0, 0.1) is 17.7 Å². The molecule has 108 valence electrons. The summed E-state index contributed by atoms with van der Waals surface area (Å²) in [4.78, 5) is 25.3. The van der Waals surface area contributed by atoms with Gasteiger partial charge in [0.2, 0.25) is 5.91 Å². The standard InChI is InChI=1S/C15H12FNO4/c16-8-3-1-2-4-9(8)17-7-15-6-5-10(21-15)11(14(19)20)12(15)13(17)18/h1-6,10-12H,7H2,(H,19,20)/t10-,11+,12+,15+/m0/s1. The molecule has 0 saturated carbocycles. The van der Waals surface area contributed by atoms with Crippen molar-refractivity contribution in [2.45, 2.75) is 11.7 Å². The van der Waals surface area contributed by atoms with Crippen LogP contribution in [-0.4, -0.2) is 35.2 Å². The normalized spacial score (nSPS) is 36.3. The third-order valence-electron chi connectivity index (χ3n) is 4.53. The average Bonchev–Trinajstić information content (AvgIpc) is 3.08. The van der Waals surface area contributed by atoms with Crippen molar-refractivity contribution in [1.29, 1.82) is 0 Å². The van der Waals surface area contributed by atoms with Gasteiger partial charge in [-0.1, -0.05) is 24.3 Å². The molecule has 4 atom stereocenters. The van der Waals surface area contributed by atoms with Gasteiger partial charge < -0.3 is 14.7 Å². The summed E-state index contributed by atoms with van der Waals surface area (Å²) in [6.45, 7) is 0.147. The molecule has 6 heteroatoms. The van der Waals surface area contributed by atoms with Crippen LogP contribution >= 0.6 is 0 Å². The molecule has 2 saturated heterocycles. The Morgan fingerprint density at radius 2 is 2.19 bits per heavy atom. The van der Waals surface area contributed by atoms with Gasteiger partial charge >= 0.3 is 5.97 Å². The summed E-state index contributed by atoms with van der Waals surface area (Å²) in [6, 6.07) is 5.97. The minimum atomic E-state index is -1.06. The van der Waals surface area contributed by atoms with E-state index in [1.807, 2.05) is 0 Å². The van der Waals surface area contributed by atoms with E-state index in [0.29, 0.717) is 0 Å². The maximum Gasteiger partial charge on any atom is 0.310 e. The maximum absolute atomic E-state index is 13.9. The molecule has 3 heterocycles. The molecule has 1 amide bonds. The molecule has 4 rings (SSSR count). The number of carbonyl (C=O) groups excluding carboxylic acids is 1. The topological polar surface area (TPSA) is 66.8 Å². The van der Waals surface area contributed by atoms with E-state index in [1.54, 1.807) is 24.3 Å². The van der Waals surface area contributed by atoms with Crippen molar-refractivity contribution in [2.24, 2.45) is 11.8 Å². The molecule has 3 aliphatic rings. The van der Waals surface area contributed by atoms with Crippen LogP contribution in [0.3, 0.4) is 0 Å². The Balaban J connectivity index is 1.78. The first kappa shape index (κ1) is 12.5. The highest BCUT2D eigenvalue weighted by Gasteiger charge is 2.67. The molecule has 1 aromatic rings. The molecule has 0 radical (unpaired) electrons. The number of benzene rings is 1.